The third-order valence-electron chi connectivity index (χ3n) is 2.99. The van der Waals surface area contributed by atoms with Crippen LogP contribution >= 0.6 is 0 Å². The number of ether oxygens (including phenoxy) is 1. The third kappa shape index (κ3) is 5.83. The molecule has 18 heavy (non-hydrogen) atoms. The molecule has 0 bridgehead atoms. The smallest absolute Gasteiger partial charge is 0.236 e. The Balaban J connectivity index is 2.46. The summed E-state index contributed by atoms with van der Waals surface area (Å²) in [7, 11) is 0. The number of nitrogens with zero attached hydrogens (tertiary/aromatic N) is 2. The minimum atomic E-state index is 0.263. The van der Waals surface area contributed by atoms with Crippen molar-refractivity contribution in [3.8, 4) is 0 Å². The number of carbonyl (C=O) groups is 1. The van der Waals surface area contributed by atoms with Crippen molar-refractivity contribution in [3.05, 3.63) is 0 Å². The van der Waals surface area contributed by atoms with Crippen LogP contribution in [0.1, 0.15) is 27.7 Å². The fraction of sp³-hybridized carbons (Fsp3) is 0.929. The van der Waals surface area contributed by atoms with Crippen molar-refractivity contribution >= 4 is 5.91 Å². The molecule has 0 aromatic carbocycles. The molecular weight excluding hydrogens is 228 g/mol. The maximum atomic E-state index is 12.3. The maximum Gasteiger partial charge on any atom is 0.236 e. The highest BCUT2D eigenvalue weighted by atomic mass is 16.5. The summed E-state index contributed by atoms with van der Waals surface area (Å²) in [6, 6.07) is 0. The summed E-state index contributed by atoms with van der Waals surface area (Å²) in [5, 5.41) is 0. The molecule has 1 aliphatic heterocycles. The van der Waals surface area contributed by atoms with E-state index in [0.717, 1.165) is 39.4 Å². The van der Waals surface area contributed by atoms with Crippen molar-refractivity contribution in [2.45, 2.75) is 27.7 Å². The van der Waals surface area contributed by atoms with E-state index in [1.165, 1.54) is 0 Å². The molecule has 0 N–H and O–H groups in total. The van der Waals surface area contributed by atoms with Crippen LogP contribution in [0.4, 0.5) is 0 Å². The molecule has 0 spiro atoms. The molecule has 4 nitrogen and oxygen atoms in total. The molecular formula is C14H28N2O2. The van der Waals surface area contributed by atoms with E-state index in [4.69, 9.17) is 4.74 Å². The largest absolute Gasteiger partial charge is 0.379 e. The fourth-order valence-corrected chi connectivity index (χ4v) is 2.21. The third-order valence-corrected chi connectivity index (χ3v) is 2.99. The quantitative estimate of drug-likeness (QED) is 0.721. The summed E-state index contributed by atoms with van der Waals surface area (Å²) < 4.78 is 5.30. The lowest BCUT2D eigenvalue weighted by Crippen LogP contribution is -2.46. The molecule has 0 radical (unpaired) electrons. The molecule has 4 heteroatoms. The summed E-state index contributed by atoms with van der Waals surface area (Å²) in [6.07, 6.45) is 0. The number of rotatable bonds is 6. The normalized spacial score (nSPS) is 17.4. The Kier molecular flexibility index (Phi) is 6.65. The Morgan fingerprint density at radius 2 is 1.61 bits per heavy atom. The van der Waals surface area contributed by atoms with E-state index in [-0.39, 0.29) is 5.91 Å². The minimum absolute atomic E-state index is 0.263. The van der Waals surface area contributed by atoms with Gasteiger partial charge in [-0.25, -0.2) is 0 Å². The highest BCUT2D eigenvalue weighted by molar-refractivity contribution is 5.78. The predicted molar refractivity (Wildman–Crippen MR) is 73.5 cm³/mol. The van der Waals surface area contributed by atoms with Crippen molar-refractivity contribution in [2.75, 3.05) is 45.9 Å². The first-order valence-corrected chi connectivity index (χ1v) is 7.07. The number of hydrogen-bond acceptors (Lipinski definition) is 3. The molecule has 0 aliphatic carbocycles. The van der Waals surface area contributed by atoms with Gasteiger partial charge in [-0.05, 0) is 11.8 Å². The van der Waals surface area contributed by atoms with Crippen molar-refractivity contribution in [1.29, 1.82) is 0 Å². The van der Waals surface area contributed by atoms with E-state index in [0.29, 0.717) is 18.4 Å². The minimum Gasteiger partial charge on any atom is -0.379 e. The first-order valence-electron chi connectivity index (χ1n) is 7.07. The van der Waals surface area contributed by atoms with Gasteiger partial charge in [0.25, 0.3) is 0 Å². The number of morpholine rings is 1. The molecule has 1 fully saturated rings. The molecule has 0 saturated carbocycles. The van der Waals surface area contributed by atoms with E-state index < -0.39 is 0 Å². The fourth-order valence-electron chi connectivity index (χ4n) is 2.21. The monoisotopic (exact) mass is 256 g/mol. The van der Waals surface area contributed by atoms with Crippen LogP contribution in [-0.4, -0.2) is 61.6 Å². The molecule has 1 amide bonds. The van der Waals surface area contributed by atoms with Gasteiger partial charge < -0.3 is 9.64 Å². The summed E-state index contributed by atoms with van der Waals surface area (Å²) in [5.41, 5.74) is 0. The Morgan fingerprint density at radius 3 is 2.06 bits per heavy atom. The molecule has 0 aromatic heterocycles. The van der Waals surface area contributed by atoms with Crippen LogP contribution in [0.15, 0.2) is 0 Å². The zero-order valence-corrected chi connectivity index (χ0v) is 12.3. The van der Waals surface area contributed by atoms with Gasteiger partial charge in [0.2, 0.25) is 5.91 Å². The standard InChI is InChI=1S/C14H28N2O2/c1-12(2)9-16(10-13(3)4)14(17)11-15-5-7-18-8-6-15/h12-13H,5-11H2,1-4H3. The topological polar surface area (TPSA) is 32.8 Å². The van der Waals surface area contributed by atoms with Crippen LogP contribution in [0.2, 0.25) is 0 Å². The van der Waals surface area contributed by atoms with Crippen molar-refractivity contribution < 1.29 is 9.53 Å². The van der Waals surface area contributed by atoms with Gasteiger partial charge in [0, 0.05) is 26.2 Å². The highest BCUT2D eigenvalue weighted by Gasteiger charge is 2.20. The summed E-state index contributed by atoms with van der Waals surface area (Å²) in [5.74, 6) is 1.31. The van der Waals surface area contributed by atoms with Gasteiger partial charge in [0.15, 0.2) is 0 Å². The zero-order valence-electron chi connectivity index (χ0n) is 12.3. The van der Waals surface area contributed by atoms with Gasteiger partial charge in [-0.2, -0.15) is 0 Å². The lowest BCUT2D eigenvalue weighted by atomic mass is 10.1. The average Bonchev–Trinajstić information content (AvgIpc) is 2.28. The second-order valence-corrected chi connectivity index (χ2v) is 5.97. The van der Waals surface area contributed by atoms with Crippen molar-refractivity contribution in [2.24, 2.45) is 11.8 Å². The van der Waals surface area contributed by atoms with Gasteiger partial charge in [0.05, 0.1) is 19.8 Å². The Labute approximate surface area is 111 Å². The average molecular weight is 256 g/mol. The van der Waals surface area contributed by atoms with E-state index in [2.05, 4.69) is 32.6 Å². The molecule has 0 atom stereocenters. The second-order valence-electron chi connectivity index (χ2n) is 5.97. The van der Waals surface area contributed by atoms with Gasteiger partial charge in [-0.3, -0.25) is 9.69 Å². The Morgan fingerprint density at radius 1 is 1.11 bits per heavy atom. The van der Waals surface area contributed by atoms with E-state index in [1.807, 2.05) is 4.90 Å². The van der Waals surface area contributed by atoms with Gasteiger partial charge >= 0.3 is 0 Å². The zero-order chi connectivity index (χ0) is 13.5. The van der Waals surface area contributed by atoms with Gasteiger partial charge in [-0.1, -0.05) is 27.7 Å². The van der Waals surface area contributed by atoms with Crippen LogP contribution < -0.4 is 0 Å². The molecule has 1 saturated heterocycles. The molecule has 1 aliphatic rings. The predicted octanol–water partition coefficient (Wildman–Crippen LogP) is 1.46. The summed E-state index contributed by atoms with van der Waals surface area (Å²) in [6.45, 7) is 14.2. The van der Waals surface area contributed by atoms with E-state index in [9.17, 15) is 4.79 Å². The second kappa shape index (κ2) is 7.74. The first-order chi connectivity index (χ1) is 8.49. The van der Waals surface area contributed by atoms with Crippen LogP contribution in [-0.2, 0) is 9.53 Å². The number of carbonyl (C=O) groups excluding carboxylic acids is 1. The molecule has 1 heterocycles. The number of hydrogen-bond donors (Lipinski definition) is 0. The highest BCUT2D eigenvalue weighted by Crippen LogP contribution is 2.06. The van der Waals surface area contributed by atoms with Crippen molar-refractivity contribution in [3.63, 3.8) is 0 Å². The van der Waals surface area contributed by atoms with Crippen molar-refractivity contribution in [1.82, 2.24) is 9.80 Å². The van der Waals surface area contributed by atoms with Crippen LogP contribution in [0, 0.1) is 11.8 Å². The lowest BCUT2D eigenvalue weighted by Gasteiger charge is -2.31. The van der Waals surface area contributed by atoms with Crippen LogP contribution in [0.3, 0.4) is 0 Å². The number of amides is 1. The van der Waals surface area contributed by atoms with E-state index >= 15 is 0 Å². The van der Waals surface area contributed by atoms with Crippen LogP contribution in [0.25, 0.3) is 0 Å². The summed E-state index contributed by atoms with van der Waals surface area (Å²) >= 11 is 0. The Bertz CT molecular complexity index is 238. The Hall–Kier alpha value is -0.610. The first kappa shape index (κ1) is 15.4. The summed E-state index contributed by atoms with van der Waals surface area (Å²) in [4.78, 5) is 16.5. The van der Waals surface area contributed by atoms with Gasteiger partial charge in [-0.15, -0.1) is 0 Å². The molecule has 0 aromatic rings. The van der Waals surface area contributed by atoms with Gasteiger partial charge in [0.1, 0.15) is 0 Å². The lowest BCUT2D eigenvalue weighted by molar-refractivity contribution is -0.134. The van der Waals surface area contributed by atoms with E-state index in [1.54, 1.807) is 0 Å². The molecule has 0 unspecified atom stereocenters. The van der Waals surface area contributed by atoms with Crippen LogP contribution in [0.5, 0.6) is 0 Å². The molecule has 1 rings (SSSR count). The maximum absolute atomic E-state index is 12.3. The SMILES string of the molecule is CC(C)CN(CC(C)C)C(=O)CN1CCOCC1. The molecule has 106 valence electrons.